The third kappa shape index (κ3) is 5.00. The quantitative estimate of drug-likeness (QED) is 0.352. The molecular formula is C30H40ClN3O5. The summed E-state index contributed by atoms with van der Waals surface area (Å²) in [7, 11) is 0. The van der Waals surface area contributed by atoms with Crippen molar-refractivity contribution in [2.45, 2.75) is 77.2 Å². The van der Waals surface area contributed by atoms with Crippen molar-refractivity contribution in [3.63, 3.8) is 0 Å². The number of likely N-dealkylation sites (tertiary alicyclic amines) is 1. The summed E-state index contributed by atoms with van der Waals surface area (Å²) in [6.45, 7) is 9.66. The normalized spacial score (nSPS) is 34.8. The van der Waals surface area contributed by atoms with Crippen LogP contribution in [0, 0.1) is 30.6 Å². The number of amides is 3. The summed E-state index contributed by atoms with van der Waals surface area (Å²) in [5.74, 6) is -1.40. The third-order valence-electron chi connectivity index (χ3n) is 9.29. The van der Waals surface area contributed by atoms with Gasteiger partial charge in [-0.25, -0.2) is 0 Å². The molecular weight excluding hydrogens is 518 g/mol. The molecule has 1 spiro atoms. The van der Waals surface area contributed by atoms with Crippen LogP contribution in [0.2, 0.25) is 5.02 Å². The highest BCUT2D eigenvalue weighted by Gasteiger charge is 2.72. The fraction of sp³-hybridized carbons (Fsp3) is 0.633. The van der Waals surface area contributed by atoms with Crippen LogP contribution in [-0.2, 0) is 23.9 Å². The van der Waals surface area contributed by atoms with E-state index in [1.165, 1.54) is 0 Å². The van der Waals surface area contributed by atoms with Gasteiger partial charge in [-0.05, 0) is 56.2 Å². The van der Waals surface area contributed by atoms with Crippen molar-refractivity contribution < 1.29 is 23.9 Å². The zero-order chi connectivity index (χ0) is 27.9. The highest BCUT2D eigenvalue weighted by molar-refractivity contribution is 6.31. The Balaban J connectivity index is 1.41. The number of aryl methyl sites for hydroxylation is 1. The number of anilines is 1. The van der Waals surface area contributed by atoms with Crippen LogP contribution >= 0.6 is 11.6 Å². The van der Waals surface area contributed by atoms with E-state index in [0.717, 1.165) is 24.8 Å². The summed E-state index contributed by atoms with van der Waals surface area (Å²) in [5.41, 5.74) is 0.294. The molecule has 212 valence electrons. The van der Waals surface area contributed by atoms with E-state index in [-0.39, 0.29) is 23.8 Å². The Morgan fingerprint density at radius 1 is 1.23 bits per heavy atom. The van der Waals surface area contributed by atoms with Gasteiger partial charge in [0.05, 0.1) is 17.9 Å². The van der Waals surface area contributed by atoms with Gasteiger partial charge >= 0.3 is 0 Å². The van der Waals surface area contributed by atoms with E-state index in [2.05, 4.69) is 24.5 Å². The Kier molecular flexibility index (Phi) is 8.09. The second-order valence-electron chi connectivity index (χ2n) is 11.6. The van der Waals surface area contributed by atoms with E-state index in [1.807, 2.05) is 32.1 Å². The monoisotopic (exact) mass is 557 g/mol. The van der Waals surface area contributed by atoms with E-state index >= 15 is 0 Å². The maximum Gasteiger partial charge on any atom is 0.246 e. The molecule has 2 N–H and O–H groups in total. The molecule has 5 rings (SSSR count). The summed E-state index contributed by atoms with van der Waals surface area (Å²) >= 11 is 6.27. The van der Waals surface area contributed by atoms with E-state index < -0.39 is 29.6 Å². The molecule has 0 unspecified atom stereocenters. The van der Waals surface area contributed by atoms with Gasteiger partial charge in [0.1, 0.15) is 11.6 Å². The lowest BCUT2D eigenvalue weighted by Crippen LogP contribution is -2.58. The zero-order valence-corrected chi connectivity index (χ0v) is 24.0. The topological polar surface area (TPSA) is 97.0 Å². The number of halogens is 1. The lowest BCUT2D eigenvalue weighted by Gasteiger charge is -2.38. The van der Waals surface area contributed by atoms with Crippen LogP contribution in [0.4, 0.5) is 5.69 Å². The fourth-order valence-electron chi connectivity index (χ4n) is 6.93. The molecule has 8 nitrogen and oxygen atoms in total. The van der Waals surface area contributed by atoms with Gasteiger partial charge in [-0.15, -0.1) is 0 Å². The Labute approximate surface area is 235 Å². The van der Waals surface area contributed by atoms with Gasteiger partial charge in [-0.3, -0.25) is 14.4 Å². The maximum absolute atomic E-state index is 14.0. The lowest BCUT2D eigenvalue weighted by molar-refractivity contribution is -0.141. The number of nitrogens with one attached hydrogen (secondary N) is 2. The van der Waals surface area contributed by atoms with Crippen LogP contribution in [0.5, 0.6) is 0 Å². The average molecular weight is 558 g/mol. The Morgan fingerprint density at radius 3 is 2.77 bits per heavy atom. The first-order valence-electron chi connectivity index (χ1n) is 14.3. The molecule has 0 aromatic heterocycles. The molecule has 2 saturated heterocycles. The number of rotatable bonds is 9. The minimum Gasteiger partial charge on any atom is -0.382 e. The molecule has 1 saturated carbocycles. The number of carbonyl (C=O) groups is 3. The van der Waals surface area contributed by atoms with Crippen molar-refractivity contribution in [3.8, 4) is 0 Å². The SMILES string of the molecule is CCOCCCN1C(=O)[C@H]2[C@H](C(=O)Nc3ccc(C)c(Cl)c3)[C@H]3C=C[C@@]2(O3)[C@@H]1C(=O)N[C@@H]1CCC[C@H](C)[C@@H]1C. The van der Waals surface area contributed by atoms with Crippen LogP contribution in [0.1, 0.15) is 52.0 Å². The third-order valence-corrected chi connectivity index (χ3v) is 9.70. The van der Waals surface area contributed by atoms with Crippen LogP contribution in [0.15, 0.2) is 30.4 Å². The summed E-state index contributed by atoms with van der Waals surface area (Å²) in [6, 6.07) is 4.54. The van der Waals surface area contributed by atoms with Crippen molar-refractivity contribution in [2.24, 2.45) is 23.7 Å². The summed E-state index contributed by atoms with van der Waals surface area (Å²) in [4.78, 5) is 43.3. The Morgan fingerprint density at radius 2 is 2.03 bits per heavy atom. The molecule has 39 heavy (non-hydrogen) atoms. The number of benzene rings is 1. The maximum atomic E-state index is 14.0. The molecule has 3 heterocycles. The second-order valence-corrected chi connectivity index (χ2v) is 12.0. The number of fused-ring (bicyclic) bond motifs is 1. The van der Waals surface area contributed by atoms with Gasteiger partial charge in [-0.2, -0.15) is 0 Å². The molecule has 1 aliphatic carbocycles. The molecule has 3 aliphatic heterocycles. The van der Waals surface area contributed by atoms with Gasteiger partial charge in [0.2, 0.25) is 17.7 Å². The van der Waals surface area contributed by atoms with Crippen molar-refractivity contribution in [1.29, 1.82) is 0 Å². The van der Waals surface area contributed by atoms with Crippen LogP contribution < -0.4 is 10.6 Å². The van der Waals surface area contributed by atoms with Gasteiger partial charge in [0, 0.05) is 36.5 Å². The van der Waals surface area contributed by atoms with E-state index in [9.17, 15) is 14.4 Å². The van der Waals surface area contributed by atoms with E-state index in [1.54, 1.807) is 17.0 Å². The summed E-state index contributed by atoms with van der Waals surface area (Å²) in [5, 5.41) is 6.77. The minimum atomic E-state index is -1.17. The minimum absolute atomic E-state index is 0.0463. The average Bonchev–Trinajstić information content (AvgIpc) is 3.54. The van der Waals surface area contributed by atoms with Crippen molar-refractivity contribution >= 4 is 35.0 Å². The molecule has 2 bridgehead atoms. The molecule has 0 radical (unpaired) electrons. The Bertz CT molecular complexity index is 1160. The largest absolute Gasteiger partial charge is 0.382 e. The van der Waals surface area contributed by atoms with E-state index in [0.29, 0.717) is 48.7 Å². The van der Waals surface area contributed by atoms with Crippen molar-refractivity contribution in [1.82, 2.24) is 10.2 Å². The van der Waals surface area contributed by atoms with Gasteiger partial charge < -0.3 is 25.0 Å². The number of ether oxygens (including phenoxy) is 2. The first kappa shape index (κ1) is 28.1. The molecule has 1 aromatic carbocycles. The predicted molar refractivity (Wildman–Crippen MR) is 149 cm³/mol. The molecule has 3 fully saturated rings. The number of hydrogen-bond acceptors (Lipinski definition) is 5. The smallest absolute Gasteiger partial charge is 0.246 e. The molecule has 3 amide bonds. The van der Waals surface area contributed by atoms with Gasteiger partial charge in [0.15, 0.2) is 0 Å². The number of hydrogen-bond donors (Lipinski definition) is 2. The lowest BCUT2D eigenvalue weighted by atomic mass is 9.73. The summed E-state index contributed by atoms with van der Waals surface area (Å²) < 4.78 is 12.0. The summed E-state index contributed by atoms with van der Waals surface area (Å²) in [6.07, 6.45) is 6.85. The molecule has 9 heteroatoms. The Hall–Kier alpha value is -2.42. The van der Waals surface area contributed by atoms with Crippen molar-refractivity contribution in [2.75, 3.05) is 25.1 Å². The first-order chi connectivity index (χ1) is 18.7. The van der Waals surface area contributed by atoms with Gasteiger partial charge in [-0.1, -0.05) is 56.5 Å². The van der Waals surface area contributed by atoms with Crippen LogP contribution in [0.3, 0.4) is 0 Å². The molecule has 1 aromatic rings. The van der Waals surface area contributed by atoms with Gasteiger partial charge in [0.25, 0.3) is 0 Å². The first-order valence-corrected chi connectivity index (χ1v) is 14.7. The number of carbonyl (C=O) groups excluding carboxylic acids is 3. The van der Waals surface area contributed by atoms with E-state index in [4.69, 9.17) is 21.1 Å². The second kappa shape index (κ2) is 11.2. The van der Waals surface area contributed by atoms with Crippen LogP contribution in [0.25, 0.3) is 0 Å². The standard InChI is InChI=1S/C30H40ClN3O5/c1-5-38-15-7-14-34-26(28(36)33-22-9-6-8-17(2)19(22)4)30-13-12-23(39-30)24(25(30)29(34)37)27(35)32-20-11-10-18(3)21(31)16-20/h10-13,16-17,19,22-26H,5-9,14-15H2,1-4H3,(H,32,35)(H,33,36)/t17-,19-,22+,23+,24+,25+,26-,30-/m0/s1. The fourth-order valence-corrected chi connectivity index (χ4v) is 7.11. The number of nitrogens with zero attached hydrogens (tertiary/aromatic N) is 1. The predicted octanol–water partition coefficient (Wildman–Crippen LogP) is 4.11. The molecule has 8 atom stereocenters. The highest BCUT2D eigenvalue weighted by Crippen LogP contribution is 2.55. The molecule has 4 aliphatic rings. The zero-order valence-electron chi connectivity index (χ0n) is 23.2. The van der Waals surface area contributed by atoms with Crippen molar-refractivity contribution in [3.05, 3.63) is 40.9 Å². The van der Waals surface area contributed by atoms with Crippen LogP contribution in [-0.4, -0.2) is 66.2 Å². The highest BCUT2D eigenvalue weighted by atomic mass is 35.5.